The molecule has 2 aromatic rings. The van der Waals surface area contributed by atoms with Crippen LogP contribution in [0.1, 0.15) is 35.4 Å². The fraction of sp³-hybridized carbons (Fsp3) is 0.316. The second-order valence-electron chi connectivity index (χ2n) is 5.28. The molecule has 0 spiro atoms. The zero-order valence-electron chi connectivity index (χ0n) is 12.7. The van der Waals surface area contributed by atoms with Gasteiger partial charge in [-0.2, -0.15) is 5.26 Å². The van der Waals surface area contributed by atoms with Gasteiger partial charge in [0.1, 0.15) is 5.75 Å². The molecule has 2 rings (SSSR count). The molecular weight excluding hydrogens is 258 g/mol. The highest BCUT2D eigenvalue weighted by molar-refractivity contribution is 5.38. The van der Waals surface area contributed by atoms with Crippen LogP contribution >= 0.6 is 0 Å². The lowest BCUT2D eigenvalue weighted by molar-refractivity contribution is 0.303. The Morgan fingerprint density at radius 2 is 1.81 bits per heavy atom. The number of benzene rings is 2. The van der Waals surface area contributed by atoms with Gasteiger partial charge in [0.25, 0.3) is 0 Å². The third-order valence-corrected chi connectivity index (χ3v) is 3.81. The molecule has 0 heterocycles. The molecule has 0 bridgehead atoms. The van der Waals surface area contributed by atoms with Crippen molar-refractivity contribution in [1.29, 1.82) is 5.26 Å². The lowest BCUT2D eigenvalue weighted by Crippen LogP contribution is -2.03. The molecule has 0 radical (unpaired) electrons. The summed E-state index contributed by atoms with van der Waals surface area (Å²) < 4.78 is 5.84. The van der Waals surface area contributed by atoms with Crippen LogP contribution in [0, 0.1) is 25.2 Å². The fourth-order valence-corrected chi connectivity index (χ4v) is 2.34. The van der Waals surface area contributed by atoms with E-state index in [1.54, 1.807) is 0 Å². The standard InChI is InChI=1S/C19H21NO/c1-15-8-6-12-19(16(15)2)21-13-7-11-18(14-20)17-9-4-3-5-10-17/h3-6,8-10,12,18H,7,11,13H2,1-2H3. The van der Waals surface area contributed by atoms with Crippen LogP contribution in [0.2, 0.25) is 0 Å². The minimum Gasteiger partial charge on any atom is -0.493 e. The SMILES string of the molecule is Cc1cccc(OCCCC(C#N)c2ccccc2)c1C. The Balaban J connectivity index is 1.84. The van der Waals surface area contributed by atoms with Crippen LogP contribution in [0.5, 0.6) is 5.75 Å². The summed E-state index contributed by atoms with van der Waals surface area (Å²) in [6.07, 6.45) is 1.70. The average Bonchev–Trinajstić information content (AvgIpc) is 2.52. The maximum absolute atomic E-state index is 9.29. The van der Waals surface area contributed by atoms with E-state index in [0.717, 1.165) is 24.2 Å². The Kier molecular flexibility index (Phi) is 5.40. The first kappa shape index (κ1) is 15.1. The first-order valence-electron chi connectivity index (χ1n) is 7.36. The van der Waals surface area contributed by atoms with E-state index in [9.17, 15) is 5.26 Å². The fourth-order valence-electron chi connectivity index (χ4n) is 2.34. The third kappa shape index (κ3) is 4.10. The highest BCUT2D eigenvalue weighted by Gasteiger charge is 2.10. The molecular formula is C19H21NO. The van der Waals surface area contributed by atoms with Crippen LogP contribution < -0.4 is 4.74 Å². The predicted molar refractivity (Wildman–Crippen MR) is 85.4 cm³/mol. The van der Waals surface area contributed by atoms with Crippen LogP contribution in [0.25, 0.3) is 0 Å². The van der Waals surface area contributed by atoms with Gasteiger partial charge in [0.05, 0.1) is 18.6 Å². The van der Waals surface area contributed by atoms with E-state index in [-0.39, 0.29) is 5.92 Å². The molecule has 0 fully saturated rings. The van der Waals surface area contributed by atoms with Crippen molar-refractivity contribution in [3.63, 3.8) is 0 Å². The zero-order valence-corrected chi connectivity index (χ0v) is 12.7. The second kappa shape index (κ2) is 7.50. The van der Waals surface area contributed by atoms with Gasteiger partial charge < -0.3 is 4.74 Å². The average molecular weight is 279 g/mol. The lowest BCUT2D eigenvalue weighted by atomic mass is 9.96. The maximum atomic E-state index is 9.29. The largest absolute Gasteiger partial charge is 0.493 e. The van der Waals surface area contributed by atoms with E-state index in [1.807, 2.05) is 42.5 Å². The number of rotatable bonds is 6. The molecule has 0 amide bonds. The molecule has 0 N–H and O–H groups in total. The number of ether oxygens (including phenoxy) is 1. The van der Waals surface area contributed by atoms with Crippen molar-refractivity contribution in [1.82, 2.24) is 0 Å². The number of aryl methyl sites for hydroxylation is 1. The summed E-state index contributed by atoms with van der Waals surface area (Å²) in [6, 6.07) is 18.4. The Hall–Kier alpha value is -2.27. The molecule has 0 saturated heterocycles. The Bertz CT molecular complexity index is 613. The second-order valence-corrected chi connectivity index (χ2v) is 5.28. The molecule has 1 unspecified atom stereocenters. The van der Waals surface area contributed by atoms with Crippen LogP contribution in [0.3, 0.4) is 0 Å². The van der Waals surface area contributed by atoms with Crippen molar-refractivity contribution >= 4 is 0 Å². The van der Waals surface area contributed by atoms with Crippen molar-refractivity contribution in [2.24, 2.45) is 0 Å². The molecule has 0 aliphatic heterocycles. The number of hydrogen-bond donors (Lipinski definition) is 0. The van der Waals surface area contributed by atoms with Gasteiger partial charge in [-0.05, 0) is 49.4 Å². The van der Waals surface area contributed by atoms with Gasteiger partial charge in [-0.3, -0.25) is 0 Å². The quantitative estimate of drug-likeness (QED) is 0.713. The zero-order chi connectivity index (χ0) is 15.1. The summed E-state index contributed by atoms with van der Waals surface area (Å²) in [6.45, 7) is 4.81. The van der Waals surface area contributed by atoms with Gasteiger partial charge in [-0.1, -0.05) is 42.5 Å². The highest BCUT2D eigenvalue weighted by Crippen LogP contribution is 2.23. The van der Waals surface area contributed by atoms with Gasteiger partial charge in [-0.25, -0.2) is 0 Å². The summed E-state index contributed by atoms with van der Waals surface area (Å²) in [5, 5.41) is 9.29. The van der Waals surface area contributed by atoms with Crippen LogP contribution in [0.15, 0.2) is 48.5 Å². The molecule has 0 aliphatic rings. The third-order valence-electron chi connectivity index (χ3n) is 3.81. The van der Waals surface area contributed by atoms with Crippen molar-refractivity contribution in [3.05, 3.63) is 65.2 Å². The van der Waals surface area contributed by atoms with Crippen molar-refractivity contribution in [3.8, 4) is 11.8 Å². The van der Waals surface area contributed by atoms with Gasteiger partial charge >= 0.3 is 0 Å². The number of nitriles is 1. The first-order valence-corrected chi connectivity index (χ1v) is 7.36. The monoisotopic (exact) mass is 279 g/mol. The Morgan fingerprint density at radius 3 is 2.52 bits per heavy atom. The molecule has 2 heteroatoms. The molecule has 108 valence electrons. The van der Waals surface area contributed by atoms with E-state index >= 15 is 0 Å². The Morgan fingerprint density at radius 1 is 1.05 bits per heavy atom. The molecule has 2 aromatic carbocycles. The molecule has 1 atom stereocenters. The van der Waals surface area contributed by atoms with Crippen molar-refractivity contribution < 1.29 is 4.74 Å². The number of hydrogen-bond acceptors (Lipinski definition) is 2. The van der Waals surface area contributed by atoms with Gasteiger partial charge in [0, 0.05) is 0 Å². The predicted octanol–water partition coefficient (Wildman–Crippen LogP) is 4.77. The summed E-state index contributed by atoms with van der Waals surface area (Å²) in [7, 11) is 0. The molecule has 0 saturated carbocycles. The first-order chi connectivity index (χ1) is 10.2. The van der Waals surface area contributed by atoms with Gasteiger partial charge in [0.2, 0.25) is 0 Å². The summed E-state index contributed by atoms with van der Waals surface area (Å²) in [5.41, 5.74) is 3.52. The van der Waals surface area contributed by atoms with E-state index in [1.165, 1.54) is 11.1 Å². The lowest BCUT2D eigenvalue weighted by Gasteiger charge is -2.12. The summed E-state index contributed by atoms with van der Waals surface area (Å²) in [4.78, 5) is 0. The van der Waals surface area contributed by atoms with E-state index in [4.69, 9.17) is 4.74 Å². The van der Waals surface area contributed by atoms with Crippen molar-refractivity contribution in [2.45, 2.75) is 32.6 Å². The molecule has 0 aliphatic carbocycles. The maximum Gasteiger partial charge on any atom is 0.122 e. The van der Waals surface area contributed by atoms with Crippen LogP contribution in [-0.4, -0.2) is 6.61 Å². The normalized spacial score (nSPS) is 11.7. The van der Waals surface area contributed by atoms with Gasteiger partial charge in [0.15, 0.2) is 0 Å². The molecule has 0 aromatic heterocycles. The van der Waals surface area contributed by atoms with E-state index < -0.39 is 0 Å². The minimum atomic E-state index is -0.0478. The van der Waals surface area contributed by atoms with E-state index in [2.05, 4.69) is 26.0 Å². The summed E-state index contributed by atoms with van der Waals surface area (Å²) in [5.74, 6) is 0.900. The van der Waals surface area contributed by atoms with E-state index in [0.29, 0.717) is 6.61 Å². The van der Waals surface area contributed by atoms with Crippen LogP contribution in [0.4, 0.5) is 0 Å². The topological polar surface area (TPSA) is 33.0 Å². The van der Waals surface area contributed by atoms with Gasteiger partial charge in [-0.15, -0.1) is 0 Å². The molecule has 21 heavy (non-hydrogen) atoms. The highest BCUT2D eigenvalue weighted by atomic mass is 16.5. The van der Waals surface area contributed by atoms with Crippen molar-refractivity contribution in [2.75, 3.05) is 6.61 Å². The molecule has 2 nitrogen and oxygen atoms in total. The number of nitrogens with zero attached hydrogens (tertiary/aromatic N) is 1. The smallest absolute Gasteiger partial charge is 0.122 e. The van der Waals surface area contributed by atoms with Crippen LogP contribution in [-0.2, 0) is 0 Å². The minimum absolute atomic E-state index is 0.0478. The summed E-state index contributed by atoms with van der Waals surface area (Å²) >= 11 is 0. The Labute approximate surface area is 127 Å².